The summed E-state index contributed by atoms with van der Waals surface area (Å²) < 4.78 is 0. The predicted octanol–water partition coefficient (Wildman–Crippen LogP) is 2.15. The molecular formula is C20H32N4O2S. The minimum absolute atomic E-state index is 0.0795. The molecule has 0 heterocycles. The lowest BCUT2D eigenvalue weighted by Gasteiger charge is -2.55. The van der Waals surface area contributed by atoms with Crippen LogP contribution in [0.1, 0.15) is 71.1 Å². The van der Waals surface area contributed by atoms with Crippen molar-refractivity contribution >= 4 is 29.1 Å². The molecule has 0 spiro atoms. The molecule has 0 radical (unpaired) electrons. The summed E-state index contributed by atoms with van der Waals surface area (Å²) >= 11 is 5.24. The Balaban J connectivity index is 1.24. The standard InChI is InChI=1S/C20H32N4O2S/c1-12(17(25)23-24-19(27)22-16-4-2-3-5-16)21-18(26)20-9-13-6-14(10-20)8-15(7-13)11-20/h12-16H,2-11H2,1H3,(H,21,26)(H,23,25)(H2,22,24,27)/t12-,13?,14?,15?,20?/m0/s1. The molecule has 1 atom stereocenters. The number of hydrazine groups is 1. The highest BCUT2D eigenvalue weighted by molar-refractivity contribution is 7.80. The van der Waals surface area contributed by atoms with Crippen LogP contribution in [0.25, 0.3) is 0 Å². The number of hydrogen-bond donors (Lipinski definition) is 4. The fraction of sp³-hybridized carbons (Fsp3) is 0.850. The molecule has 0 aromatic carbocycles. The van der Waals surface area contributed by atoms with Crippen molar-refractivity contribution in [2.75, 3.05) is 0 Å². The van der Waals surface area contributed by atoms with E-state index in [9.17, 15) is 9.59 Å². The molecule has 5 fully saturated rings. The molecule has 0 aromatic rings. The average molecular weight is 393 g/mol. The Hall–Kier alpha value is -1.37. The Morgan fingerprint density at radius 2 is 1.52 bits per heavy atom. The molecule has 2 amide bonds. The van der Waals surface area contributed by atoms with E-state index in [0.29, 0.717) is 28.9 Å². The maximum atomic E-state index is 13.0. The first-order valence-corrected chi connectivity index (χ1v) is 11.0. The van der Waals surface area contributed by atoms with Crippen molar-refractivity contribution in [3.63, 3.8) is 0 Å². The van der Waals surface area contributed by atoms with Crippen LogP contribution in [0.4, 0.5) is 0 Å². The lowest BCUT2D eigenvalue weighted by Crippen LogP contribution is -2.58. The number of amides is 2. The fourth-order valence-corrected chi connectivity index (χ4v) is 6.54. The summed E-state index contributed by atoms with van der Waals surface area (Å²) in [5.41, 5.74) is 5.17. The zero-order chi connectivity index (χ0) is 19.0. The maximum Gasteiger partial charge on any atom is 0.260 e. The summed E-state index contributed by atoms with van der Waals surface area (Å²) in [6.45, 7) is 1.74. The molecule has 0 saturated heterocycles. The second kappa shape index (κ2) is 7.57. The first-order chi connectivity index (χ1) is 12.9. The van der Waals surface area contributed by atoms with E-state index in [-0.39, 0.29) is 17.2 Å². The van der Waals surface area contributed by atoms with Gasteiger partial charge in [-0.3, -0.25) is 20.4 Å². The highest BCUT2D eigenvalue weighted by Gasteiger charge is 2.54. The Bertz CT molecular complexity index is 582. The SMILES string of the molecule is C[C@H](NC(=O)C12CC3CC(CC(C3)C1)C2)C(=O)NNC(=S)NC1CCCC1. The number of nitrogens with one attached hydrogen (secondary N) is 4. The van der Waals surface area contributed by atoms with Crippen molar-refractivity contribution in [2.45, 2.75) is 83.2 Å². The van der Waals surface area contributed by atoms with Gasteiger partial charge >= 0.3 is 0 Å². The molecule has 7 heteroatoms. The van der Waals surface area contributed by atoms with Crippen molar-refractivity contribution < 1.29 is 9.59 Å². The number of hydrogen-bond acceptors (Lipinski definition) is 3. The predicted molar refractivity (Wildman–Crippen MR) is 107 cm³/mol. The van der Waals surface area contributed by atoms with Crippen LogP contribution in [0.2, 0.25) is 0 Å². The number of carbonyl (C=O) groups excluding carboxylic acids is 2. The summed E-state index contributed by atoms with van der Waals surface area (Å²) in [5.74, 6) is 1.96. The Morgan fingerprint density at radius 3 is 2.07 bits per heavy atom. The Morgan fingerprint density at radius 1 is 0.963 bits per heavy atom. The summed E-state index contributed by atoms with van der Waals surface area (Å²) in [6, 6.07) is -0.178. The van der Waals surface area contributed by atoms with E-state index in [4.69, 9.17) is 12.2 Å². The van der Waals surface area contributed by atoms with Crippen molar-refractivity contribution in [3.05, 3.63) is 0 Å². The molecule has 0 aliphatic heterocycles. The van der Waals surface area contributed by atoms with Gasteiger partial charge in [-0.05, 0) is 88.3 Å². The monoisotopic (exact) mass is 392 g/mol. The van der Waals surface area contributed by atoms with Gasteiger partial charge in [0.15, 0.2) is 5.11 Å². The zero-order valence-corrected chi connectivity index (χ0v) is 17.0. The highest BCUT2D eigenvalue weighted by atomic mass is 32.1. The fourth-order valence-electron chi connectivity index (χ4n) is 6.32. The van der Waals surface area contributed by atoms with E-state index in [1.165, 1.54) is 32.1 Å². The second-order valence-corrected chi connectivity index (χ2v) is 9.87. The summed E-state index contributed by atoms with van der Waals surface area (Å²) in [5, 5.41) is 6.64. The minimum Gasteiger partial charge on any atom is -0.359 e. The molecular weight excluding hydrogens is 360 g/mol. The summed E-state index contributed by atoms with van der Waals surface area (Å²) in [4.78, 5) is 25.4. The molecule has 5 rings (SSSR count). The van der Waals surface area contributed by atoms with E-state index in [0.717, 1.165) is 32.1 Å². The van der Waals surface area contributed by atoms with Gasteiger partial charge in [0.25, 0.3) is 5.91 Å². The van der Waals surface area contributed by atoms with Crippen molar-refractivity contribution in [2.24, 2.45) is 23.2 Å². The first-order valence-electron chi connectivity index (χ1n) is 10.6. The van der Waals surface area contributed by atoms with Crippen molar-refractivity contribution in [1.82, 2.24) is 21.5 Å². The third-order valence-electron chi connectivity index (χ3n) is 7.25. The number of carbonyl (C=O) groups is 2. The first kappa shape index (κ1) is 19.0. The Kier molecular flexibility index (Phi) is 5.32. The van der Waals surface area contributed by atoms with Crippen LogP contribution in [0.5, 0.6) is 0 Å². The van der Waals surface area contributed by atoms with Gasteiger partial charge < -0.3 is 10.6 Å². The van der Waals surface area contributed by atoms with Gasteiger partial charge in [-0.2, -0.15) is 0 Å². The molecule has 4 bridgehead atoms. The topological polar surface area (TPSA) is 82.3 Å². The lowest BCUT2D eigenvalue weighted by molar-refractivity contribution is -0.148. The summed E-state index contributed by atoms with van der Waals surface area (Å²) in [7, 11) is 0. The molecule has 5 saturated carbocycles. The molecule has 5 aliphatic carbocycles. The van der Waals surface area contributed by atoms with Crippen LogP contribution in [0.3, 0.4) is 0 Å². The van der Waals surface area contributed by atoms with E-state index >= 15 is 0 Å². The van der Waals surface area contributed by atoms with Crippen LogP contribution < -0.4 is 21.5 Å². The number of thiocarbonyl (C=S) groups is 1. The van der Waals surface area contributed by atoms with Crippen LogP contribution in [-0.4, -0.2) is 29.0 Å². The maximum absolute atomic E-state index is 13.0. The average Bonchev–Trinajstić information content (AvgIpc) is 3.11. The third-order valence-corrected chi connectivity index (χ3v) is 7.47. The van der Waals surface area contributed by atoms with Crippen LogP contribution >= 0.6 is 12.2 Å². The van der Waals surface area contributed by atoms with Crippen molar-refractivity contribution in [3.8, 4) is 0 Å². The molecule has 27 heavy (non-hydrogen) atoms. The Labute approximate surface area is 167 Å². The van der Waals surface area contributed by atoms with E-state index in [1.807, 2.05) is 0 Å². The molecule has 150 valence electrons. The molecule has 4 N–H and O–H groups in total. The molecule has 0 aromatic heterocycles. The van der Waals surface area contributed by atoms with Gasteiger partial charge in [-0.15, -0.1) is 0 Å². The van der Waals surface area contributed by atoms with E-state index in [1.54, 1.807) is 6.92 Å². The van der Waals surface area contributed by atoms with Gasteiger partial charge in [0, 0.05) is 11.5 Å². The van der Waals surface area contributed by atoms with Gasteiger partial charge in [0.2, 0.25) is 5.91 Å². The van der Waals surface area contributed by atoms with Crippen LogP contribution in [-0.2, 0) is 9.59 Å². The molecule has 0 unspecified atom stereocenters. The van der Waals surface area contributed by atoms with E-state index < -0.39 is 6.04 Å². The normalized spacial score (nSPS) is 35.5. The van der Waals surface area contributed by atoms with Crippen LogP contribution in [0, 0.1) is 23.2 Å². The molecule has 6 nitrogen and oxygen atoms in total. The number of rotatable bonds is 4. The lowest BCUT2D eigenvalue weighted by atomic mass is 9.49. The highest BCUT2D eigenvalue weighted by Crippen LogP contribution is 2.60. The largest absolute Gasteiger partial charge is 0.359 e. The van der Waals surface area contributed by atoms with Gasteiger partial charge in [-0.1, -0.05) is 12.8 Å². The third kappa shape index (κ3) is 4.08. The smallest absolute Gasteiger partial charge is 0.260 e. The van der Waals surface area contributed by atoms with E-state index in [2.05, 4.69) is 21.5 Å². The quantitative estimate of drug-likeness (QED) is 0.435. The van der Waals surface area contributed by atoms with Gasteiger partial charge in [0.1, 0.15) is 6.04 Å². The van der Waals surface area contributed by atoms with Gasteiger partial charge in [0.05, 0.1) is 0 Å². The molecule has 5 aliphatic rings. The summed E-state index contributed by atoms with van der Waals surface area (Å²) in [6.07, 6.45) is 11.6. The second-order valence-electron chi connectivity index (χ2n) is 9.46. The zero-order valence-electron chi connectivity index (χ0n) is 16.2. The van der Waals surface area contributed by atoms with Crippen molar-refractivity contribution in [1.29, 1.82) is 0 Å². The van der Waals surface area contributed by atoms with Crippen LogP contribution in [0.15, 0.2) is 0 Å². The van der Waals surface area contributed by atoms with Gasteiger partial charge in [-0.25, -0.2) is 0 Å². The minimum atomic E-state index is -0.577.